The predicted octanol–water partition coefficient (Wildman–Crippen LogP) is 6.34. The van der Waals surface area contributed by atoms with E-state index in [-0.39, 0.29) is 35.9 Å². The number of nitrogens with one attached hydrogen (secondary N) is 1. The van der Waals surface area contributed by atoms with Gasteiger partial charge in [-0.25, -0.2) is 5.01 Å². The lowest BCUT2D eigenvalue weighted by Gasteiger charge is -2.22. The van der Waals surface area contributed by atoms with E-state index in [4.69, 9.17) is 14.3 Å². The number of carbonyl (C=O) groups is 2. The lowest BCUT2D eigenvalue weighted by molar-refractivity contribution is -0.130. The van der Waals surface area contributed by atoms with Crippen LogP contribution in [0.4, 0.5) is 0 Å². The van der Waals surface area contributed by atoms with Crippen LogP contribution in [0.25, 0.3) is 5.69 Å². The molecule has 3 heterocycles. The number of methoxy groups -OCH3 is 1. The van der Waals surface area contributed by atoms with Crippen LogP contribution in [0.3, 0.4) is 0 Å². The summed E-state index contributed by atoms with van der Waals surface area (Å²) in [4.78, 5) is 26.4. The van der Waals surface area contributed by atoms with Gasteiger partial charge in [-0.05, 0) is 72.1 Å². The fourth-order valence-corrected chi connectivity index (χ4v) is 6.11. The molecule has 0 saturated carbocycles. The molecule has 0 spiro atoms. The number of hydrogen-bond donors (Lipinski definition) is 1. The average molecular weight is 686 g/mol. The Hall–Kier alpha value is -4.68. The van der Waals surface area contributed by atoms with Crippen LogP contribution >= 0.6 is 27.7 Å². The minimum absolute atomic E-state index is 0.0759. The number of benzene rings is 3. The first-order valence-corrected chi connectivity index (χ1v) is 15.9. The molecule has 1 N–H and O–H groups in total. The molecule has 2 aromatic heterocycles. The number of aryl methyl sites for hydroxylation is 1. The molecule has 0 aliphatic carbocycles. The van der Waals surface area contributed by atoms with Crippen LogP contribution in [0.5, 0.6) is 5.75 Å². The van der Waals surface area contributed by atoms with E-state index in [1.54, 1.807) is 24.3 Å². The molecule has 3 aromatic carbocycles. The summed E-state index contributed by atoms with van der Waals surface area (Å²) in [6.07, 6.45) is 2.02. The van der Waals surface area contributed by atoms with E-state index in [0.717, 1.165) is 38.3 Å². The monoisotopic (exact) mass is 684 g/mol. The van der Waals surface area contributed by atoms with Crippen molar-refractivity contribution in [1.29, 1.82) is 0 Å². The molecule has 5 aromatic rings. The van der Waals surface area contributed by atoms with Crippen molar-refractivity contribution >= 4 is 45.2 Å². The van der Waals surface area contributed by atoms with E-state index >= 15 is 0 Å². The molecule has 10 nitrogen and oxygen atoms in total. The van der Waals surface area contributed by atoms with Gasteiger partial charge in [-0.2, -0.15) is 5.10 Å². The highest BCUT2D eigenvalue weighted by atomic mass is 79.9. The third-order valence-electron chi connectivity index (χ3n) is 7.28. The van der Waals surface area contributed by atoms with Gasteiger partial charge >= 0.3 is 0 Å². The van der Waals surface area contributed by atoms with Gasteiger partial charge in [0.05, 0.1) is 37.4 Å². The Kier molecular flexibility index (Phi) is 9.13. The van der Waals surface area contributed by atoms with Gasteiger partial charge in [0.15, 0.2) is 16.7 Å². The number of furan rings is 1. The molecule has 0 radical (unpaired) electrons. The van der Waals surface area contributed by atoms with Gasteiger partial charge in [0.1, 0.15) is 5.75 Å². The van der Waals surface area contributed by atoms with Crippen LogP contribution in [0.2, 0.25) is 0 Å². The highest BCUT2D eigenvalue weighted by Crippen LogP contribution is 2.35. The molecule has 0 unspecified atom stereocenters. The Bertz CT molecular complexity index is 1840. The molecule has 1 aliphatic heterocycles. The number of aromatic nitrogens is 3. The SMILES string of the molecule is COc1ccc([C@@H]2CC(c3ccc(Br)cc3)=NN2C(=O)CSc2nnc(CNC(=O)c3ccco3)n2-c2cccc(C)c2)cc1. The lowest BCUT2D eigenvalue weighted by Crippen LogP contribution is -2.28. The van der Waals surface area contributed by atoms with E-state index in [0.29, 0.717) is 17.4 Å². The summed E-state index contributed by atoms with van der Waals surface area (Å²) in [5, 5.41) is 18.5. The standard InChI is InChI=1S/C33H29BrN6O4S/c1-21-5-3-6-25(17-21)39-30(19-35-32(42)29-7-4-16-44-29)36-37-33(39)45-20-31(41)40-28(23-10-14-26(43-2)15-11-23)18-27(38-40)22-8-12-24(34)13-9-22/h3-17,28H,18-20H2,1-2H3,(H,35,42)/t28-/m0/s1. The second kappa shape index (κ2) is 13.5. The van der Waals surface area contributed by atoms with Gasteiger partial charge < -0.3 is 14.5 Å². The second-order valence-corrected chi connectivity index (χ2v) is 12.2. The minimum atomic E-state index is -0.360. The van der Waals surface area contributed by atoms with Crippen molar-refractivity contribution in [2.24, 2.45) is 5.10 Å². The Morgan fingerprint density at radius 3 is 2.56 bits per heavy atom. The highest BCUT2D eigenvalue weighted by Gasteiger charge is 2.33. The third kappa shape index (κ3) is 6.86. The molecular weight excluding hydrogens is 656 g/mol. The molecule has 45 heavy (non-hydrogen) atoms. The average Bonchev–Trinajstić information content (AvgIpc) is 3.83. The number of hydrogen-bond acceptors (Lipinski definition) is 8. The molecular formula is C33H29BrN6O4S. The summed E-state index contributed by atoms with van der Waals surface area (Å²) >= 11 is 4.76. The van der Waals surface area contributed by atoms with Crippen LogP contribution < -0.4 is 10.1 Å². The maximum absolute atomic E-state index is 13.9. The molecule has 0 bridgehead atoms. The van der Waals surface area contributed by atoms with Crippen LogP contribution in [-0.2, 0) is 11.3 Å². The number of rotatable bonds is 10. The van der Waals surface area contributed by atoms with Crippen molar-refractivity contribution in [3.8, 4) is 11.4 Å². The minimum Gasteiger partial charge on any atom is -0.497 e. The van der Waals surface area contributed by atoms with Crippen LogP contribution in [0.15, 0.2) is 110 Å². The zero-order valence-electron chi connectivity index (χ0n) is 24.5. The van der Waals surface area contributed by atoms with E-state index < -0.39 is 0 Å². The fourth-order valence-electron chi connectivity index (χ4n) is 5.02. The van der Waals surface area contributed by atoms with Crippen molar-refractivity contribution < 1.29 is 18.7 Å². The normalized spacial score (nSPS) is 14.3. The smallest absolute Gasteiger partial charge is 0.287 e. The quantitative estimate of drug-likeness (QED) is 0.171. The molecule has 0 saturated heterocycles. The van der Waals surface area contributed by atoms with Crippen molar-refractivity contribution in [2.45, 2.75) is 31.1 Å². The largest absolute Gasteiger partial charge is 0.497 e. The first-order valence-electron chi connectivity index (χ1n) is 14.1. The van der Waals surface area contributed by atoms with Gasteiger partial charge in [-0.1, -0.05) is 64.1 Å². The molecule has 6 rings (SSSR count). The summed E-state index contributed by atoms with van der Waals surface area (Å²) in [7, 11) is 1.63. The number of halogens is 1. The Morgan fingerprint density at radius 1 is 1.04 bits per heavy atom. The number of nitrogens with zero attached hydrogens (tertiary/aromatic N) is 5. The highest BCUT2D eigenvalue weighted by molar-refractivity contribution is 9.10. The number of ether oxygens (including phenoxy) is 1. The summed E-state index contributed by atoms with van der Waals surface area (Å²) in [6.45, 7) is 2.11. The van der Waals surface area contributed by atoms with E-state index in [1.807, 2.05) is 84.3 Å². The summed E-state index contributed by atoms with van der Waals surface area (Å²) in [5.41, 5.74) is 4.62. The molecule has 0 fully saturated rings. The third-order valence-corrected chi connectivity index (χ3v) is 8.72. The second-order valence-electron chi connectivity index (χ2n) is 10.3. The van der Waals surface area contributed by atoms with Crippen LogP contribution in [0.1, 0.15) is 45.5 Å². The van der Waals surface area contributed by atoms with Gasteiger partial charge in [0.2, 0.25) is 0 Å². The summed E-state index contributed by atoms with van der Waals surface area (Å²) in [6, 6.07) is 26.5. The number of amides is 2. The maximum atomic E-state index is 13.9. The zero-order valence-corrected chi connectivity index (χ0v) is 26.9. The molecule has 2 amide bonds. The Balaban J connectivity index is 1.25. The fraction of sp³-hybridized carbons (Fsp3) is 0.182. The van der Waals surface area contributed by atoms with Gasteiger partial charge in [0.25, 0.3) is 11.8 Å². The molecule has 1 atom stereocenters. The number of hydrazone groups is 1. The van der Waals surface area contributed by atoms with Gasteiger partial charge in [-0.3, -0.25) is 14.2 Å². The summed E-state index contributed by atoms with van der Waals surface area (Å²) in [5.74, 6) is 1.01. The number of carbonyl (C=O) groups excluding carboxylic acids is 2. The van der Waals surface area contributed by atoms with E-state index in [1.165, 1.54) is 18.0 Å². The van der Waals surface area contributed by atoms with Crippen molar-refractivity contribution in [1.82, 2.24) is 25.1 Å². The van der Waals surface area contributed by atoms with E-state index in [9.17, 15) is 9.59 Å². The first kappa shape index (κ1) is 30.4. The molecule has 228 valence electrons. The molecule has 12 heteroatoms. The number of thioether (sulfide) groups is 1. The zero-order chi connectivity index (χ0) is 31.3. The predicted molar refractivity (Wildman–Crippen MR) is 175 cm³/mol. The van der Waals surface area contributed by atoms with E-state index in [2.05, 4.69) is 31.4 Å². The maximum Gasteiger partial charge on any atom is 0.287 e. The van der Waals surface area contributed by atoms with Crippen LogP contribution in [0, 0.1) is 6.92 Å². The Labute approximate surface area is 272 Å². The molecule has 1 aliphatic rings. The van der Waals surface area contributed by atoms with Gasteiger partial charge in [0, 0.05) is 16.6 Å². The summed E-state index contributed by atoms with van der Waals surface area (Å²) < 4.78 is 13.4. The van der Waals surface area contributed by atoms with Gasteiger partial charge in [-0.15, -0.1) is 10.2 Å². The topological polar surface area (TPSA) is 115 Å². The van der Waals surface area contributed by atoms with Crippen molar-refractivity contribution in [3.05, 3.63) is 124 Å². The lowest BCUT2D eigenvalue weighted by atomic mass is 9.98. The van der Waals surface area contributed by atoms with Crippen molar-refractivity contribution in [2.75, 3.05) is 12.9 Å². The first-order chi connectivity index (χ1) is 21.9. The Morgan fingerprint density at radius 2 is 1.84 bits per heavy atom. The van der Waals surface area contributed by atoms with Crippen LogP contribution in [-0.4, -0.2) is 50.2 Å². The van der Waals surface area contributed by atoms with Crippen molar-refractivity contribution in [3.63, 3.8) is 0 Å².